The molecule has 0 amide bonds. The van der Waals surface area contributed by atoms with E-state index in [4.69, 9.17) is 0 Å². The predicted octanol–water partition coefficient (Wildman–Crippen LogP) is 6.04. The molecule has 0 bridgehead atoms. The third-order valence-electron chi connectivity index (χ3n) is 3.98. The van der Waals surface area contributed by atoms with Crippen molar-refractivity contribution in [1.82, 2.24) is 0 Å². The first-order valence-corrected chi connectivity index (χ1v) is 7.50. The Kier molecular flexibility index (Phi) is 6.62. The lowest BCUT2D eigenvalue weighted by Gasteiger charge is -2.15. The van der Waals surface area contributed by atoms with Crippen molar-refractivity contribution >= 4 is 0 Å². The fourth-order valence-corrected chi connectivity index (χ4v) is 3.04. The second-order valence-electron chi connectivity index (χ2n) is 5.87. The fraction of sp³-hybridized carbons (Fsp3) is 0.765. The lowest BCUT2D eigenvalue weighted by Crippen LogP contribution is -1.97. The molecule has 0 aromatic heterocycles. The van der Waals surface area contributed by atoms with Gasteiger partial charge in [-0.3, -0.25) is 0 Å². The Morgan fingerprint density at radius 1 is 1.29 bits per heavy atom. The van der Waals surface area contributed by atoms with Gasteiger partial charge in [0.1, 0.15) is 0 Å². The van der Waals surface area contributed by atoms with E-state index in [2.05, 4.69) is 27.4 Å². The summed E-state index contributed by atoms with van der Waals surface area (Å²) in [6, 6.07) is 0. The summed E-state index contributed by atoms with van der Waals surface area (Å²) < 4.78 is 0. The Labute approximate surface area is 108 Å². The van der Waals surface area contributed by atoms with Crippen LogP contribution in [0.1, 0.15) is 78.6 Å². The Bertz CT molecular complexity index is 270. The molecular weight excluding hydrogens is 204 g/mol. The Hall–Kier alpha value is -0.520. The quantitative estimate of drug-likeness (QED) is 0.372. The van der Waals surface area contributed by atoms with E-state index in [0.717, 1.165) is 12.3 Å². The molecule has 1 atom stereocenters. The first-order valence-electron chi connectivity index (χ1n) is 7.50. The minimum Gasteiger partial charge on any atom is -0.0998 e. The normalized spacial score (nSPS) is 22.9. The van der Waals surface area contributed by atoms with Gasteiger partial charge in [0.05, 0.1) is 0 Å². The minimum absolute atomic E-state index is 0.843. The molecule has 1 rings (SSSR count). The van der Waals surface area contributed by atoms with Crippen LogP contribution in [-0.4, -0.2) is 0 Å². The Balaban J connectivity index is 2.57. The van der Waals surface area contributed by atoms with E-state index in [-0.39, 0.29) is 0 Å². The smallest absolute Gasteiger partial charge is 0.0111 e. The van der Waals surface area contributed by atoms with Crippen LogP contribution in [0, 0.1) is 5.92 Å². The molecule has 0 saturated heterocycles. The monoisotopic (exact) mass is 234 g/mol. The molecular formula is C17H30. The SMILES string of the molecule is C=C(C)C/C(CCCCCC)=C1/CCCC1C. The van der Waals surface area contributed by atoms with Gasteiger partial charge in [-0.1, -0.05) is 56.4 Å². The zero-order valence-corrected chi connectivity index (χ0v) is 12.1. The van der Waals surface area contributed by atoms with Crippen molar-refractivity contribution in [3.8, 4) is 0 Å². The number of rotatable bonds is 7. The number of hydrogen-bond acceptors (Lipinski definition) is 0. The highest BCUT2D eigenvalue weighted by Gasteiger charge is 2.19. The molecule has 98 valence electrons. The van der Waals surface area contributed by atoms with Crippen molar-refractivity contribution < 1.29 is 0 Å². The molecule has 0 radical (unpaired) electrons. The number of allylic oxidation sites excluding steroid dienone is 3. The van der Waals surface area contributed by atoms with Gasteiger partial charge < -0.3 is 0 Å². The van der Waals surface area contributed by atoms with Crippen LogP contribution in [0.15, 0.2) is 23.3 Å². The zero-order valence-electron chi connectivity index (χ0n) is 12.1. The van der Waals surface area contributed by atoms with Gasteiger partial charge in [-0.05, 0) is 51.4 Å². The number of hydrogen-bond donors (Lipinski definition) is 0. The van der Waals surface area contributed by atoms with E-state index >= 15 is 0 Å². The minimum atomic E-state index is 0.843. The molecule has 0 heteroatoms. The van der Waals surface area contributed by atoms with E-state index in [9.17, 15) is 0 Å². The zero-order chi connectivity index (χ0) is 12.7. The molecule has 1 unspecified atom stereocenters. The standard InChI is InChI=1S/C17H30/c1-5-6-7-8-11-16(13-14(2)3)17-12-9-10-15(17)4/h15H,2,5-13H2,1,3-4H3/b17-16-. The van der Waals surface area contributed by atoms with E-state index in [1.165, 1.54) is 56.9 Å². The van der Waals surface area contributed by atoms with Crippen LogP contribution in [0.2, 0.25) is 0 Å². The molecule has 1 aliphatic rings. The Morgan fingerprint density at radius 3 is 2.59 bits per heavy atom. The summed E-state index contributed by atoms with van der Waals surface area (Å²) in [5.41, 5.74) is 4.85. The fourth-order valence-electron chi connectivity index (χ4n) is 3.04. The number of unbranched alkanes of at least 4 members (excludes halogenated alkanes) is 3. The van der Waals surface area contributed by atoms with Crippen LogP contribution in [-0.2, 0) is 0 Å². The van der Waals surface area contributed by atoms with Crippen LogP contribution < -0.4 is 0 Å². The lowest BCUT2D eigenvalue weighted by atomic mass is 9.91. The molecule has 0 nitrogen and oxygen atoms in total. The molecule has 0 aromatic rings. The van der Waals surface area contributed by atoms with Crippen LogP contribution >= 0.6 is 0 Å². The van der Waals surface area contributed by atoms with E-state index in [1.54, 1.807) is 11.1 Å². The highest BCUT2D eigenvalue weighted by Crippen LogP contribution is 2.36. The maximum Gasteiger partial charge on any atom is -0.0111 e. The van der Waals surface area contributed by atoms with Gasteiger partial charge in [0.15, 0.2) is 0 Å². The molecule has 1 fully saturated rings. The van der Waals surface area contributed by atoms with Gasteiger partial charge in [0, 0.05) is 0 Å². The van der Waals surface area contributed by atoms with E-state index < -0.39 is 0 Å². The molecule has 0 spiro atoms. The summed E-state index contributed by atoms with van der Waals surface area (Å²) in [7, 11) is 0. The summed E-state index contributed by atoms with van der Waals surface area (Å²) >= 11 is 0. The van der Waals surface area contributed by atoms with Crippen molar-refractivity contribution in [2.75, 3.05) is 0 Å². The van der Waals surface area contributed by atoms with Gasteiger partial charge in [-0.25, -0.2) is 0 Å². The average molecular weight is 234 g/mol. The topological polar surface area (TPSA) is 0 Å². The highest BCUT2D eigenvalue weighted by molar-refractivity contribution is 5.23. The molecule has 0 aliphatic heterocycles. The molecule has 17 heavy (non-hydrogen) atoms. The van der Waals surface area contributed by atoms with Crippen molar-refractivity contribution in [3.63, 3.8) is 0 Å². The molecule has 0 heterocycles. The predicted molar refractivity (Wildman–Crippen MR) is 78.2 cm³/mol. The van der Waals surface area contributed by atoms with Gasteiger partial charge in [0.2, 0.25) is 0 Å². The second-order valence-corrected chi connectivity index (χ2v) is 5.87. The first kappa shape index (κ1) is 14.5. The maximum absolute atomic E-state index is 4.10. The average Bonchev–Trinajstić information content (AvgIpc) is 2.68. The van der Waals surface area contributed by atoms with Crippen molar-refractivity contribution in [2.24, 2.45) is 5.92 Å². The summed E-state index contributed by atoms with van der Waals surface area (Å²) in [5.74, 6) is 0.843. The second kappa shape index (κ2) is 7.74. The summed E-state index contributed by atoms with van der Waals surface area (Å²) in [6.07, 6.45) is 12.2. The van der Waals surface area contributed by atoms with Crippen LogP contribution in [0.3, 0.4) is 0 Å². The largest absolute Gasteiger partial charge is 0.0998 e. The first-order chi connectivity index (χ1) is 8.15. The third-order valence-corrected chi connectivity index (χ3v) is 3.98. The van der Waals surface area contributed by atoms with Crippen molar-refractivity contribution in [2.45, 2.75) is 78.6 Å². The lowest BCUT2D eigenvalue weighted by molar-refractivity contribution is 0.642. The maximum atomic E-state index is 4.10. The summed E-state index contributed by atoms with van der Waals surface area (Å²) in [6.45, 7) is 11.0. The highest BCUT2D eigenvalue weighted by atomic mass is 14.2. The van der Waals surface area contributed by atoms with Gasteiger partial charge >= 0.3 is 0 Å². The molecule has 1 saturated carbocycles. The third kappa shape index (κ3) is 5.10. The molecule has 0 N–H and O–H groups in total. The van der Waals surface area contributed by atoms with E-state index in [1.807, 2.05) is 0 Å². The van der Waals surface area contributed by atoms with Gasteiger partial charge in [-0.2, -0.15) is 0 Å². The van der Waals surface area contributed by atoms with Crippen molar-refractivity contribution in [1.29, 1.82) is 0 Å². The molecule has 0 aromatic carbocycles. The molecule has 1 aliphatic carbocycles. The summed E-state index contributed by atoms with van der Waals surface area (Å²) in [5, 5.41) is 0. The van der Waals surface area contributed by atoms with E-state index in [0.29, 0.717) is 0 Å². The van der Waals surface area contributed by atoms with Crippen LogP contribution in [0.25, 0.3) is 0 Å². The van der Waals surface area contributed by atoms with Crippen LogP contribution in [0.5, 0.6) is 0 Å². The van der Waals surface area contributed by atoms with Crippen LogP contribution in [0.4, 0.5) is 0 Å². The summed E-state index contributed by atoms with van der Waals surface area (Å²) in [4.78, 5) is 0. The van der Waals surface area contributed by atoms with Gasteiger partial charge in [0.25, 0.3) is 0 Å². The van der Waals surface area contributed by atoms with Gasteiger partial charge in [-0.15, -0.1) is 0 Å². The Morgan fingerprint density at radius 2 is 2.06 bits per heavy atom. The van der Waals surface area contributed by atoms with Crippen molar-refractivity contribution in [3.05, 3.63) is 23.3 Å².